The number of para-hydroxylation sites is 1. The molecule has 2 aliphatic rings. The minimum absolute atomic E-state index is 0. The zero-order chi connectivity index (χ0) is 34.4. The van der Waals surface area contributed by atoms with Gasteiger partial charge in [-0.25, -0.2) is 0 Å². The summed E-state index contributed by atoms with van der Waals surface area (Å²) in [5.41, 5.74) is 2.79. The number of rotatable bonds is 4. The molecule has 4 heteroatoms. The molecule has 3 nitrogen and oxygen atoms in total. The van der Waals surface area contributed by atoms with Crippen LogP contribution in [0.15, 0.2) is 103 Å². The summed E-state index contributed by atoms with van der Waals surface area (Å²) in [5, 5.41) is 1.85. The van der Waals surface area contributed by atoms with Crippen LogP contribution in [0.3, 0.4) is 0 Å². The van der Waals surface area contributed by atoms with Crippen molar-refractivity contribution >= 4 is 22.6 Å². The zero-order valence-electron chi connectivity index (χ0n) is 30.6. The van der Waals surface area contributed by atoms with Gasteiger partial charge in [0.2, 0.25) is 0 Å². The molecule has 1 saturated carbocycles. The molecule has 1 aromatic carbocycles. The molecule has 0 bridgehead atoms. The molecular weight excluding hydrogens is 657 g/mol. The Kier molecular flexibility index (Phi) is 7.95. The first-order valence-electron chi connectivity index (χ1n) is 17.1. The number of furan rings is 1. The van der Waals surface area contributed by atoms with Crippen LogP contribution in [0.2, 0.25) is 0 Å². The third-order valence-electron chi connectivity index (χ3n) is 6.13. The van der Waals surface area contributed by atoms with Gasteiger partial charge in [0.05, 0.1) is 6.85 Å². The number of aryl methyl sites for hydroxylation is 1. The molecule has 39 heavy (non-hydrogen) atoms. The van der Waals surface area contributed by atoms with Gasteiger partial charge in [0.1, 0.15) is 5.58 Å². The van der Waals surface area contributed by atoms with Gasteiger partial charge in [-0.3, -0.25) is 4.98 Å². The second kappa shape index (κ2) is 15.8. The van der Waals surface area contributed by atoms with Crippen LogP contribution in [-0.4, -0.2) is 9.97 Å². The van der Waals surface area contributed by atoms with Crippen molar-refractivity contribution in [3.8, 4) is 0 Å². The molecule has 3 heterocycles. The molecule has 6 rings (SSSR count). The maximum absolute atomic E-state index is 9.11. The molecule has 0 atom stereocenters. The number of fused-ring (bicyclic) bond motifs is 3. The normalized spacial score (nSPS) is 18.8. The zero-order valence-corrected chi connectivity index (χ0v) is 24.0. The molecule has 203 valence electrons. The fourth-order valence-corrected chi connectivity index (χ4v) is 4.47. The number of aromatic nitrogens is 2. The summed E-state index contributed by atoms with van der Waals surface area (Å²) in [6.07, 6.45) is 19.5. The Morgan fingerprint density at radius 1 is 1.18 bits per heavy atom. The number of pyridine rings is 2. The van der Waals surface area contributed by atoms with E-state index in [0.29, 0.717) is 23.0 Å². The van der Waals surface area contributed by atoms with Crippen LogP contribution < -0.4 is 10.6 Å². The first-order chi connectivity index (χ1) is 22.3. The van der Waals surface area contributed by atoms with E-state index in [9.17, 15) is 0 Å². The van der Waals surface area contributed by atoms with Crippen molar-refractivity contribution < 1.29 is 36.9 Å². The quantitative estimate of drug-likeness (QED) is 0.163. The summed E-state index contributed by atoms with van der Waals surface area (Å²) < 4.78 is 75.8. The van der Waals surface area contributed by atoms with E-state index in [1.54, 1.807) is 18.2 Å². The minimum Gasteiger partial charge on any atom is -0.515 e. The van der Waals surface area contributed by atoms with E-state index in [1.807, 2.05) is 24.6 Å². The van der Waals surface area contributed by atoms with Crippen LogP contribution in [0, 0.1) is 19.3 Å². The standard InChI is InChI=1S/C24H24NO.C6H7.C5H5N.Ir/c1-16-13-14-22(25-15-16)21-12-6-11-20-19-10-5-9-18(23(19)26-24(20)21)17-7-3-2-4-8-17;1-3-5-6-4-2;1-2-4-6-5-3-1;/h5,9-15,17H,2-4,6-8H2,1H3;3-5H,1-2H2;1-5H;/q2*-1;;/i1D3,13D,14D,17D;;1D,2D,5D;. The largest absolute Gasteiger partial charge is 0.515 e. The minimum atomic E-state index is -2.49. The van der Waals surface area contributed by atoms with Gasteiger partial charge in [-0.2, -0.15) is 43.9 Å². The Hall–Kier alpha value is -3.46. The van der Waals surface area contributed by atoms with Crippen molar-refractivity contribution in [2.45, 2.75) is 51.3 Å². The Morgan fingerprint density at radius 2 is 2.05 bits per heavy atom. The fraction of sp³-hybridized carbons (Fsp3) is 0.229. The monoisotopic (exact) mass is 702 g/mol. The van der Waals surface area contributed by atoms with Crippen LogP contribution in [0.25, 0.3) is 22.6 Å². The van der Waals surface area contributed by atoms with E-state index < -0.39 is 12.7 Å². The van der Waals surface area contributed by atoms with Crippen LogP contribution >= 0.6 is 0 Å². The van der Waals surface area contributed by atoms with Crippen molar-refractivity contribution in [2.75, 3.05) is 0 Å². The van der Waals surface area contributed by atoms with Crippen LogP contribution in [0.1, 0.15) is 73.6 Å². The van der Waals surface area contributed by atoms with Crippen molar-refractivity contribution in [1.82, 2.24) is 9.97 Å². The van der Waals surface area contributed by atoms with Gasteiger partial charge in [-0.15, -0.1) is 5.57 Å². The summed E-state index contributed by atoms with van der Waals surface area (Å²) in [7, 11) is 0. The van der Waals surface area contributed by atoms with E-state index in [1.165, 1.54) is 18.5 Å². The molecule has 0 unspecified atom stereocenters. The molecule has 0 N–H and O–H groups in total. The summed E-state index contributed by atoms with van der Waals surface area (Å²) >= 11 is 0. The van der Waals surface area contributed by atoms with Crippen LogP contribution in [0.5, 0.6) is 0 Å². The third-order valence-corrected chi connectivity index (χ3v) is 6.13. The number of benzene rings is 1. The molecule has 0 spiro atoms. The van der Waals surface area contributed by atoms with E-state index >= 15 is 0 Å². The third kappa shape index (κ3) is 8.02. The van der Waals surface area contributed by atoms with Gasteiger partial charge >= 0.3 is 0 Å². The van der Waals surface area contributed by atoms with E-state index in [4.69, 9.17) is 16.8 Å². The summed E-state index contributed by atoms with van der Waals surface area (Å²) in [6.45, 7) is 4.35. The van der Waals surface area contributed by atoms with Crippen LogP contribution in [0.4, 0.5) is 0 Å². The van der Waals surface area contributed by atoms with Gasteiger partial charge in [0.15, 0.2) is 0 Å². The fourth-order valence-electron chi connectivity index (χ4n) is 4.47. The maximum Gasteiger partial charge on any atom is 0.121 e. The van der Waals surface area contributed by atoms with Gasteiger partial charge in [-0.1, -0.05) is 68.1 Å². The Bertz CT molecular complexity index is 1920. The average Bonchev–Trinajstić information content (AvgIpc) is 3.43. The first kappa shape index (κ1) is 19.6. The topological polar surface area (TPSA) is 38.9 Å². The van der Waals surface area contributed by atoms with E-state index in [2.05, 4.69) is 35.3 Å². The Labute approximate surface area is 258 Å². The molecule has 4 aromatic rings. The number of nitrogens with zero attached hydrogens (tertiary/aromatic N) is 2. The van der Waals surface area contributed by atoms with Crippen molar-refractivity contribution in [3.05, 3.63) is 138 Å². The molecule has 3 aromatic heterocycles. The predicted octanol–water partition coefficient (Wildman–Crippen LogP) is 7.57. The molecule has 1 radical (unpaired) electrons. The van der Waals surface area contributed by atoms with Gasteiger partial charge in [0.25, 0.3) is 0 Å². The van der Waals surface area contributed by atoms with Gasteiger partial charge < -0.3 is 9.40 Å². The number of hydrogen-bond donors (Lipinski definition) is 0. The van der Waals surface area contributed by atoms with Crippen molar-refractivity contribution in [2.24, 2.45) is 0 Å². The van der Waals surface area contributed by atoms with E-state index in [0.717, 1.165) is 48.3 Å². The molecule has 0 saturated heterocycles. The van der Waals surface area contributed by atoms with Gasteiger partial charge in [-0.05, 0) is 59.7 Å². The molecule has 0 aliphatic heterocycles. The molecule has 1 fully saturated rings. The average molecular weight is 702 g/mol. The second-order valence-electron chi connectivity index (χ2n) is 8.61. The first-order valence-corrected chi connectivity index (χ1v) is 12.6. The number of hydrogen-bond acceptors (Lipinski definition) is 3. The second-order valence-corrected chi connectivity index (χ2v) is 8.61. The summed E-state index contributed by atoms with van der Waals surface area (Å²) in [4.78, 5) is 7.78. The Balaban J connectivity index is 0.000000325. The molecule has 2 aliphatic carbocycles. The maximum atomic E-state index is 9.11. The predicted molar refractivity (Wildman–Crippen MR) is 159 cm³/mol. The van der Waals surface area contributed by atoms with Crippen molar-refractivity contribution in [1.29, 1.82) is 0 Å². The molecular formula is C35H36IrN2O-2. The smallest absolute Gasteiger partial charge is 0.121 e. The van der Waals surface area contributed by atoms with Crippen LogP contribution in [-0.2, 0) is 20.1 Å². The Morgan fingerprint density at radius 3 is 2.77 bits per heavy atom. The summed E-state index contributed by atoms with van der Waals surface area (Å²) in [5.74, 6) is -0.670. The number of allylic oxidation sites excluding steroid dienone is 4. The SMILES string of the molecule is C=C[C-]=CC=C.[2H]c1c(C([2H])([2H])[2H])cnc(C2=c3oc4c(C5([2H])CCCCC5)cccc4c3=CC[CH-]2)c1[2H].[2H]c1cc([2H])c([2H])cn1.[Ir]. The summed E-state index contributed by atoms with van der Waals surface area (Å²) in [6, 6.07) is 6.75. The van der Waals surface area contributed by atoms with Gasteiger partial charge in [0, 0.05) is 55.0 Å². The van der Waals surface area contributed by atoms with Crippen molar-refractivity contribution in [3.63, 3.8) is 0 Å². The molecule has 0 amide bonds. The van der Waals surface area contributed by atoms with E-state index in [-0.39, 0.29) is 61.7 Å².